The highest BCUT2D eigenvalue weighted by Gasteiger charge is 2.31. The highest BCUT2D eigenvalue weighted by atomic mass is 16.2. The molecule has 3 N–H and O–H groups in total. The largest absolute Gasteiger partial charge is 0.398 e. The van der Waals surface area contributed by atoms with Crippen LogP contribution >= 0.6 is 0 Å². The van der Waals surface area contributed by atoms with Gasteiger partial charge in [-0.1, -0.05) is 75.4 Å². The van der Waals surface area contributed by atoms with Crippen molar-refractivity contribution in [2.45, 2.75) is 32.2 Å². The third-order valence-corrected chi connectivity index (χ3v) is 5.48. The first-order valence-electron chi connectivity index (χ1n) is 9.97. The number of carbonyl (C=O) groups excluding carboxylic acids is 1. The van der Waals surface area contributed by atoms with Crippen LogP contribution in [0.3, 0.4) is 0 Å². The lowest BCUT2D eigenvalue weighted by molar-refractivity contribution is 0.0985. The van der Waals surface area contributed by atoms with Crippen LogP contribution in [0.15, 0.2) is 72.8 Å². The van der Waals surface area contributed by atoms with Crippen molar-refractivity contribution in [2.24, 2.45) is 0 Å². The number of nitrogens with two attached hydrogens (primary N) is 1. The summed E-state index contributed by atoms with van der Waals surface area (Å²) >= 11 is 0. The predicted octanol–water partition coefficient (Wildman–Crippen LogP) is 5.38. The van der Waals surface area contributed by atoms with Crippen molar-refractivity contribution in [3.8, 4) is 0 Å². The zero-order valence-corrected chi connectivity index (χ0v) is 17.1. The summed E-state index contributed by atoms with van der Waals surface area (Å²) in [6, 6.07) is 23.9. The van der Waals surface area contributed by atoms with Crippen molar-refractivity contribution in [3.63, 3.8) is 0 Å². The second-order valence-electron chi connectivity index (χ2n) is 8.56. The highest BCUT2D eigenvalue weighted by molar-refractivity contribution is 6.11. The molecule has 3 aromatic rings. The second kappa shape index (κ2) is 7.28. The van der Waals surface area contributed by atoms with Gasteiger partial charge >= 0.3 is 0 Å². The third-order valence-electron chi connectivity index (χ3n) is 5.48. The minimum absolute atomic E-state index is 0.0158. The quantitative estimate of drug-likeness (QED) is 0.582. The Kier molecular flexibility index (Phi) is 4.79. The van der Waals surface area contributed by atoms with Crippen molar-refractivity contribution < 1.29 is 4.79 Å². The molecule has 4 nitrogen and oxygen atoms in total. The van der Waals surface area contributed by atoms with E-state index in [0.717, 1.165) is 22.5 Å². The van der Waals surface area contributed by atoms with Crippen molar-refractivity contribution in [2.75, 3.05) is 22.5 Å². The number of carbonyl (C=O) groups is 1. The fourth-order valence-electron chi connectivity index (χ4n) is 3.96. The van der Waals surface area contributed by atoms with Crippen LogP contribution in [0.1, 0.15) is 48.3 Å². The second-order valence-corrected chi connectivity index (χ2v) is 8.56. The summed E-state index contributed by atoms with van der Waals surface area (Å²) in [6.45, 7) is 6.87. The molecule has 3 aromatic carbocycles. The average Bonchev–Trinajstić information content (AvgIpc) is 2.72. The molecule has 4 rings (SSSR count). The lowest BCUT2D eigenvalue weighted by Crippen LogP contribution is -2.41. The van der Waals surface area contributed by atoms with E-state index in [0.29, 0.717) is 17.8 Å². The van der Waals surface area contributed by atoms with Gasteiger partial charge in [0, 0.05) is 5.69 Å². The fourth-order valence-corrected chi connectivity index (χ4v) is 3.96. The van der Waals surface area contributed by atoms with E-state index < -0.39 is 0 Å². The van der Waals surface area contributed by atoms with E-state index in [1.54, 1.807) is 0 Å². The van der Waals surface area contributed by atoms with Gasteiger partial charge in [0.1, 0.15) is 0 Å². The van der Waals surface area contributed by atoms with Gasteiger partial charge in [0.25, 0.3) is 5.91 Å². The molecule has 0 fully saturated rings. The number of hydrogen-bond acceptors (Lipinski definition) is 3. The van der Waals surface area contributed by atoms with Crippen LogP contribution in [-0.2, 0) is 5.41 Å². The maximum absolute atomic E-state index is 13.7. The molecular weight excluding hydrogens is 358 g/mol. The molecule has 0 radical (unpaired) electrons. The van der Waals surface area contributed by atoms with Gasteiger partial charge in [-0.2, -0.15) is 0 Å². The molecule has 1 aliphatic rings. The smallest absolute Gasteiger partial charge is 0.260 e. The predicted molar refractivity (Wildman–Crippen MR) is 120 cm³/mol. The summed E-state index contributed by atoms with van der Waals surface area (Å²) in [4.78, 5) is 15.5. The number of fused-ring (bicyclic) bond motifs is 1. The summed E-state index contributed by atoms with van der Waals surface area (Å²) < 4.78 is 0. The Morgan fingerprint density at radius 3 is 2.38 bits per heavy atom. The minimum atomic E-state index is -0.131. The maximum Gasteiger partial charge on any atom is 0.260 e. The molecule has 1 aliphatic heterocycles. The van der Waals surface area contributed by atoms with Gasteiger partial charge in [-0.15, -0.1) is 0 Å². The third kappa shape index (κ3) is 3.58. The van der Waals surface area contributed by atoms with Gasteiger partial charge < -0.3 is 16.0 Å². The van der Waals surface area contributed by atoms with E-state index in [4.69, 9.17) is 5.73 Å². The Morgan fingerprint density at radius 1 is 0.966 bits per heavy atom. The number of nitrogens with one attached hydrogen (secondary N) is 1. The Balaban J connectivity index is 1.76. The van der Waals surface area contributed by atoms with E-state index in [1.165, 1.54) is 0 Å². The topological polar surface area (TPSA) is 58.4 Å². The molecule has 0 spiro atoms. The van der Waals surface area contributed by atoms with Crippen LogP contribution < -0.4 is 16.0 Å². The van der Waals surface area contributed by atoms with Crippen molar-refractivity contribution >= 4 is 23.0 Å². The molecule has 0 aliphatic carbocycles. The molecule has 1 unspecified atom stereocenters. The lowest BCUT2D eigenvalue weighted by atomic mass is 9.84. The molecule has 148 valence electrons. The molecule has 0 bridgehead atoms. The number of amides is 1. The normalized spacial score (nSPS) is 16.1. The van der Waals surface area contributed by atoms with Crippen LogP contribution in [0.5, 0.6) is 0 Å². The first kappa shape index (κ1) is 19.1. The number of nitrogen functional groups attached to an aromatic ring is 1. The van der Waals surface area contributed by atoms with E-state index in [9.17, 15) is 4.79 Å². The number of benzene rings is 3. The molecule has 1 atom stereocenters. The number of hydrogen-bond donors (Lipinski definition) is 2. The van der Waals surface area contributed by atoms with Crippen LogP contribution in [0, 0.1) is 0 Å². The van der Waals surface area contributed by atoms with E-state index in [2.05, 4.69) is 38.2 Å². The van der Waals surface area contributed by atoms with Gasteiger partial charge in [0.2, 0.25) is 0 Å². The lowest BCUT2D eigenvalue weighted by Gasteiger charge is -2.36. The zero-order chi connectivity index (χ0) is 20.6. The molecule has 29 heavy (non-hydrogen) atoms. The van der Waals surface area contributed by atoms with Crippen LogP contribution in [-0.4, -0.2) is 12.5 Å². The summed E-state index contributed by atoms with van der Waals surface area (Å²) in [6.07, 6.45) is 0. The molecule has 1 amide bonds. The fraction of sp³-hybridized carbons (Fsp3) is 0.240. The van der Waals surface area contributed by atoms with Crippen LogP contribution in [0.4, 0.5) is 17.1 Å². The average molecular weight is 386 g/mol. The monoisotopic (exact) mass is 385 g/mol. The minimum Gasteiger partial charge on any atom is -0.398 e. The molecule has 0 aromatic heterocycles. The number of nitrogens with zero attached hydrogens (tertiary/aromatic N) is 1. The van der Waals surface area contributed by atoms with Crippen molar-refractivity contribution in [3.05, 3.63) is 89.5 Å². The first-order valence-corrected chi connectivity index (χ1v) is 9.97. The van der Waals surface area contributed by atoms with Crippen molar-refractivity contribution in [1.82, 2.24) is 0 Å². The molecular formula is C25H27N3O. The molecule has 4 heteroatoms. The summed E-state index contributed by atoms with van der Waals surface area (Å²) in [5.74, 6) is -0.0662. The summed E-state index contributed by atoms with van der Waals surface area (Å²) in [5, 5.41) is 3.57. The van der Waals surface area contributed by atoms with E-state index in [1.807, 2.05) is 65.6 Å². The van der Waals surface area contributed by atoms with E-state index in [-0.39, 0.29) is 17.4 Å². The van der Waals surface area contributed by atoms with E-state index >= 15 is 0 Å². The first-order chi connectivity index (χ1) is 13.9. The van der Waals surface area contributed by atoms with Gasteiger partial charge in [0.05, 0.1) is 29.5 Å². The van der Waals surface area contributed by atoms with Gasteiger partial charge in [-0.3, -0.25) is 4.79 Å². The Morgan fingerprint density at radius 2 is 1.66 bits per heavy atom. The number of anilines is 3. The zero-order valence-electron chi connectivity index (χ0n) is 17.1. The Bertz CT molecular complexity index is 1040. The van der Waals surface area contributed by atoms with Gasteiger partial charge in [-0.05, 0) is 34.7 Å². The standard InChI is InChI=1S/C25H27N3O/c1-25(2,3)19-13-9-12-18(23(19)26)24(29)28-16-21(17-10-5-4-6-11-17)27-20-14-7-8-15-22(20)28/h4-15,21,27H,16,26H2,1-3H3. The van der Waals surface area contributed by atoms with Crippen LogP contribution in [0.2, 0.25) is 0 Å². The Hall–Kier alpha value is -3.27. The van der Waals surface area contributed by atoms with Gasteiger partial charge in [0.15, 0.2) is 0 Å². The number of para-hydroxylation sites is 3. The summed E-state index contributed by atoms with van der Waals surface area (Å²) in [5.41, 5.74) is 11.4. The highest BCUT2D eigenvalue weighted by Crippen LogP contribution is 2.38. The summed E-state index contributed by atoms with van der Waals surface area (Å²) in [7, 11) is 0. The maximum atomic E-state index is 13.7. The van der Waals surface area contributed by atoms with Crippen LogP contribution in [0.25, 0.3) is 0 Å². The molecule has 0 saturated carbocycles. The van der Waals surface area contributed by atoms with Gasteiger partial charge in [-0.25, -0.2) is 0 Å². The molecule has 1 heterocycles. The Labute approximate surface area is 172 Å². The SMILES string of the molecule is CC(C)(C)c1cccc(C(=O)N2CC(c3ccccc3)Nc3ccccc32)c1N. The number of rotatable bonds is 2. The van der Waals surface area contributed by atoms with Crippen molar-refractivity contribution in [1.29, 1.82) is 0 Å². The molecule has 0 saturated heterocycles.